The number of nitrogens with one attached hydrogen (secondary N) is 1. The zero-order valence-corrected chi connectivity index (χ0v) is 11.9. The van der Waals surface area contributed by atoms with Crippen LogP contribution in [0.4, 0.5) is 0 Å². The Balaban J connectivity index is 2.23. The molecule has 2 aromatic rings. The minimum Gasteiger partial charge on any atom is -0.496 e. The summed E-state index contributed by atoms with van der Waals surface area (Å²) in [6.45, 7) is 2.21. The zero-order valence-electron chi connectivity index (χ0n) is 11.9. The fourth-order valence-corrected chi connectivity index (χ4v) is 2.20. The van der Waals surface area contributed by atoms with Gasteiger partial charge in [-0.15, -0.1) is 0 Å². The molecule has 20 heavy (non-hydrogen) atoms. The first-order valence-electron chi connectivity index (χ1n) is 6.66. The average molecular weight is 275 g/mol. The van der Waals surface area contributed by atoms with E-state index < -0.39 is 5.60 Å². The minimum absolute atomic E-state index is 0.271. The second-order valence-electron chi connectivity index (χ2n) is 5.23. The van der Waals surface area contributed by atoms with Crippen LogP contribution in [-0.2, 0) is 6.54 Å². The van der Waals surface area contributed by atoms with Crippen molar-refractivity contribution in [3.8, 4) is 5.75 Å². The van der Waals surface area contributed by atoms with Gasteiger partial charge in [-0.05, 0) is 23.8 Å². The Hall–Kier alpha value is -1.62. The summed E-state index contributed by atoms with van der Waals surface area (Å²) in [6.07, 6.45) is 0. The molecule has 0 bridgehead atoms. The van der Waals surface area contributed by atoms with Crippen molar-refractivity contribution in [1.29, 1.82) is 0 Å². The fraction of sp³-hybridized carbons (Fsp3) is 0.375. The molecule has 0 radical (unpaired) electrons. The van der Waals surface area contributed by atoms with Gasteiger partial charge in [-0.2, -0.15) is 0 Å². The molecule has 2 aromatic carbocycles. The smallest absolute Gasteiger partial charge is 0.123 e. The lowest BCUT2D eigenvalue weighted by molar-refractivity contribution is 0.00252. The molecule has 4 heteroatoms. The van der Waals surface area contributed by atoms with E-state index in [0.717, 1.165) is 22.1 Å². The molecule has 1 atom stereocenters. The monoisotopic (exact) mass is 275 g/mol. The van der Waals surface area contributed by atoms with Crippen molar-refractivity contribution in [1.82, 2.24) is 5.32 Å². The average Bonchev–Trinajstić information content (AvgIpc) is 2.47. The summed E-state index contributed by atoms with van der Waals surface area (Å²) < 4.78 is 5.41. The lowest BCUT2D eigenvalue weighted by Crippen LogP contribution is -2.40. The lowest BCUT2D eigenvalue weighted by Gasteiger charge is -2.21. The number of hydrogen-bond acceptors (Lipinski definition) is 4. The van der Waals surface area contributed by atoms with Crippen LogP contribution in [0.25, 0.3) is 10.8 Å². The number of hydrogen-bond donors (Lipinski definition) is 3. The molecule has 0 saturated carbocycles. The first-order valence-corrected chi connectivity index (χ1v) is 6.66. The molecule has 0 aliphatic heterocycles. The van der Waals surface area contributed by atoms with Gasteiger partial charge in [-0.3, -0.25) is 0 Å². The summed E-state index contributed by atoms with van der Waals surface area (Å²) >= 11 is 0. The molecule has 0 saturated heterocycles. The van der Waals surface area contributed by atoms with Crippen LogP contribution in [-0.4, -0.2) is 36.1 Å². The van der Waals surface area contributed by atoms with Crippen LogP contribution in [0.2, 0.25) is 0 Å². The highest BCUT2D eigenvalue weighted by atomic mass is 16.5. The molecular formula is C16H21NO3. The normalized spacial score (nSPS) is 14.2. The Kier molecular flexibility index (Phi) is 4.60. The molecule has 4 nitrogen and oxygen atoms in total. The Morgan fingerprint density at radius 2 is 1.95 bits per heavy atom. The first kappa shape index (κ1) is 14.8. The maximum Gasteiger partial charge on any atom is 0.123 e. The van der Waals surface area contributed by atoms with E-state index in [9.17, 15) is 5.11 Å². The van der Waals surface area contributed by atoms with Crippen LogP contribution in [0, 0.1) is 0 Å². The highest BCUT2D eigenvalue weighted by Crippen LogP contribution is 2.27. The molecule has 0 aliphatic carbocycles. The van der Waals surface area contributed by atoms with Gasteiger partial charge in [0.1, 0.15) is 5.75 Å². The predicted molar refractivity (Wildman–Crippen MR) is 79.9 cm³/mol. The van der Waals surface area contributed by atoms with Crippen LogP contribution >= 0.6 is 0 Å². The Bertz CT molecular complexity index is 581. The molecule has 2 rings (SSSR count). The van der Waals surface area contributed by atoms with E-state index in [2.05, 4.69) is 17.4 Å². The number of fused-ring (bicyclic) bond motifs is 1. The van der Waals surface area contributed by atoms with E-state index in [1.54, 1.807) is 14.0 Å². The van der Waals surface area contributed by atoms with E-state index >= 15 is 0 Å². The summed E-state index contributed by atoms with van der Waals surface area (Å²) in [7, 11) is 1.65. The Labute approximate surface area is 119 Å². The minimum atomic E-state index is -1.11. The van der Waals surface area contributed by atoms with Crippen LogP contribution in [0.15, 0.2) is 36.4 Å². The van der Waals surface area contributed by atoms with Crippen molar-refractivity contribution in [2.45, 2.75) is 19.1 Å². The maximum absolute atomic E-state index is 9.80. The fourth-order valence-electron chi connectivity index (χ4n) is 2.20. The molecule has 0 heterocycles. The quantitative estimate of drug-likeness (QED) is 0.750. The van der Waals surface area contributed by atoms with Gasteiger partial charge in [-0.1, -0.05) is 30.3 Å². The first-order chi connectivity index (χ1) is 9.57. The second-order valence-corrected chi connectivity index (χ2v) is 5.23. The van der Waals surface area contributed by atoms with E-state index in [1.807, 2.05) is 24.3 Å². The van der Waals surface area contributed by atoms with Gasteiger partial charge in [0.05, 0.1) is 19.3 Å². The largest absolute Gasteiger partial charge is 0.496 e. The highest BCUT2D eigenvalue weighted by Gasteiger charge is 2.18. The summed E-state index contributed by atoms with van der Waals surface area (Å²) in [6, 6.07) is 12.1. The van der Waals surface area contributed by atoms with Crippen molar-refractivity contribution in [3.63, 3.8) is 0 Å². The number of benzene rings is 2. The third-order valence-corrected chi connectivity index (χ3v) is 3.37. The molecule has 0 fully saturated rings. The molecule has 1 unspecified atom stereocenters. The molecule has 0 aliphatic rings. The second kappa shape index (κ2) is 6.22. The van der Waals surface area contributed by atoms with Gasteiger partial charge in [0.2, 0.25) is 0 Å². The highest BCUT2D eigenvalue weighted by molar-refractivity contribution is 5.87. The summed E-state index contributed by atoms with van der Waals surface area (Å²) in [5.74, 6) is 0.819. The van der Waals surface area contributed by atoms with E-state index in [-0.39, 0.29) is 6.61 Å². The summed E-state index contributed by atoms with van der Waals surface area (Å²) in [5.41, 5.74) is -0.0583. The SMILES string of the molecule is COc1ccc2ccccc2c1CNCC(C)(O)CO. The van der Waals surface area contributed by atoms with E-state index in [1.165, 1.54) is 0 Å². The summed E-state index contributed by atoms with van der Waals surface area (Å²) in [5, 5.41) is 24.3. The number of aliphatic hydroxyl groups is 2. The van der Waals surface area contributed by atoms with Gasteiger partial charge >= 0.3 is 0 Å². The number of ether oxygens (including phenoxy) is 1. The molecule has 0 spiro atoms. The van der Waals surface area contributed by atoms with Gasteiger partial charge in [0.25, 0.3) is 0 Å². The van der Waals surface area contributed by atoms with Gasteiger partial charge in [0.15, 0.2) is 0 Å². The molecule has 0 amide bonds. The van der Waals surface area contributed by atoms with Gasteiger partial charge in [-0.25, -0.2) is 0 Å². The lowest BCUT2D eigenvalue weighted by atomic mass is 10.0. The third kappa shape index (κ3) is 3.28. The van der Waals surface area contributed by atoms with Crippen LogP contribution < -0.4 is 10.1 Å². The topological polar surface area (TPSA) is 61.7 Å². The molecule has 3 N–H and O–H groups in total. The number of rotatable bonds is 6. The molecule has 108 valence electrons. The Morgan fingerprint density at radius 3 is 2.65 bits per heavy atom. The standard InChI is InChI=1S/C16H21NO3/c1-16(19,11-18)10-17-9-14-13-6-4-3-5-12(13)7-8-15(14)20-2/h3-8,17-19H,9-11H2,1-2H3. The van der Waals surface area contributed by atoms with Crippen LogP contribution in [0.1, 0.15) is 12.5 Å². The van der Waals surface area contributed by atoms with Crippen molar-refractivity contribution < 1.29 is 14.9 Å². The van der Waals surface area contributed by atoms with Gasteiger partial charge in [0, 0.05) is 18.7 Å². The van der Waals surface area contributed by atoms with Crippen molar-refractivity contribution in [3.05, 3.63) is 42.0 Å². The van der Waals surface area contributed by atoms with Crippen molar-refractivity contribution >= 4 is 10.8 Å². The molecular weight excluding hydrogens is 254 g/mol. The van der Waals surface area contributed by atoms with E-state index in [0.29, 0.717) is 13.1 Å². The maximum atomic E-state index is 9.80. The van der Waals surface area contributed by atoms with Crippen molar-refractivity contribution in [2.24, 2.45) is 0 Å². The zero-order chi connectivity index (χ0) is 14.6. The Morgan fingerprint density at radius 1 is 1.20 bits per heavy atom. The number of aliphatic hydroxyl groups excluding tert-OH is 1. The van der Waals surface area contributed by atoms with Crippen LogP contribution in [0.3, 0.4) is 0 Å². The third-order valence-electron chi connectivity index (χ3n) is 3.37. The number of methoxy groups -OCH3 is 1. The van der Waals surface area contributed by atoms with E-state index in [4.69, 9.17) is 9.84 Å². The van der Waals surface area contributed by atoms with Crippen molar-refractivity contribution in [2.75, 3.05) is 20.3 Å². The predicted octanol–water partition coefficient (Wildman–Crippen LogP) is 1.68. The molecule has 0 aromatic heterocycles. The van der Waals surface area contributed by atoms with Gasteiger partial charge < -0.3 is 20.3 Å². The summed E-state index contributed by atoms with van der Waals surface area (Å²) in [4.78, 5) is 0. The van der Waals surface area contributed by atoms with Crippen LogP contribution in [0.5, 0.6) is 5.75 Å².